The van der Waals surface area contributed by atoms with Crippen LogP contribution in [0.3, 0.4) is 0 Å². The summed E-state index contributed by atoms with van der Waals surface area (Å²) in [5, 5.41) is 18.4. The van der Waals surface area contributed by atoms with Gasteiger partial charge in [0.05, 0.1) is 17.3 Å². The molecule has 0 saturated carbocycles. The van der Waals surface area contributed by atoms with Crippen LogP contribution >= 0.6 is 0 Å². The number of aromatic amines is 1. The number of aryl methyl sites for hydroxylation is 2. The Morgan fingerprint density at radius 1 is 1.21 bits per heavy atom. The summed E-state index contributed by atoms with van der Waals surface area (Å²) < 4.78 is 5.63. The number of hydrogen-bond acceptors (Lipinski definition) is 8. The maximum atomic E-state index is 8.36. The molecule has 0 amide bonds. The van der Waals surface area contributed by atoms with Crippen LogP contribution in [-0.4, -0.2) is 61.0 Å². The van der Waals surface area contributed by atoms with Crippen molar-refractivity contribution in [2.45, 2.75) is 39.2 Å². The largest absolute Gasteiger partial charge is 0.483 e. The summed E-state index contributed by atoms with van der Waals surface area (Å²) in [5.41, 5.74) is 5.04. The van der Waals surface area contributed by atoms with E-state index in [0.29, 0.717) is 12.4 Å². The van der Waals surface area contributed by atoms with Crippen molar-refractivity contribution in [2.24, 2.45) is 0 Å². The number of H-pyrrole nitrogens is 1. The number of fused-ring (bicyclic) bond motifs is 1. The van der Waals surface area contributed by atoms with E-state index in [-0.39, 0.29) is 12.6 Å². The Morgan fingerprint density at radius 2 is 2.00 bits per heavy atom. The average molecular weight is 462 g/mol. The maximum absolute atomic E-state index is 8.36. The second kappa shape index (κ2) is 10.8. The van der Waals surface area contributed by atoms with Gasteiger partial charge in [-0.25, -0.2) is 19.9 Å². The highest BCUT2D eigenvalue weighted by atomic mass is 16.5. The van der Waals surface area contributed by atoms with E-state index in [0.717, 1.165) is 70.9 Å². The predicted molar refractivity (Wildman–Crippen MR) is 128 cm³/mol. The van der Waals surface area contributed by atoms with Crippen LogP contribution in [0.15, 0.2) is 36.7 Å². The van der Waals surface area contributed by atoms with E-state index in [2.05, 4.69) is 61.7 Å². The minimum Gasteiger partial charge on any atom is -0.483 e. The Kier molecular flexibility index (Phi) is 7.38. The minimum absolute atomic E-state index is 0.250. The summed E-state index contributed by atoms with van der Waals surface area (Å²) >= 11 is 0. The number of carboxylic acid groups (broad SMARTS) is 1. The topological polar surface area (TPSA) is 139 Å². The predicted octanol–water partition coefficient (Wildman–Crippen LogP) is 3.31. The van der Waals surface area contributed by atoms with Gasteiger partial charge in [-0.1, -0.05) is 6.07 Å². The van der Waals surface area contributed by atoms with Crippen LogP contribution in [0.5, 0.6) is 0 Å². The van der Waals surface area contributed by atoms with E-state index in [9.17, 15) is 0 Å². The van der Waals surface area contributed by atoms with Gasteiger partial charge < -0.3 is 15.2 Å². The monoisotopic (exact) mass is 461 g/mol. The molecule has 0 bridgehead atoms. The number of nitrogens with one attached hydrogen (secondary N) is 2. The third kappa shape index (κ3) is 5.70. The SMILES string of the molecule is Cc1nc(Cc2ccc3nc(-c4cnc(NCC5CCCO5)nc4)cc(C)c3c2)n[nH]1.O=CO. The van der Waals surface area contributed by atoms with Crippen molar-refractivity contribution < 1.29 is 14.6 Å². The Morgan fingerprint density at radius 3 is 2.68 bits per heavy atom. The molecule has 0 radical (unpaired) electrons. The van der Waals surface area contributed by atoms with E-state index in [1.807, 2.05) is 19.3 Å². The van der Waals surface area contributed by atoms with Crippen LogP contribution in [0.1, 0.15) is 35.6 Å². The molecule has 34 heavy (non-hydrogen) atoms. The zero-order chi connectivity index (χ0) is 23.9. The summed E-state index contributed by atoms with van der Waals surface area (Å²) in [6, 6.07) is 8.39. The van der Waals surface area contributed by atoms with Gasteiger partial charge in [-0.3, -0.25) is 9.89 Å². The molecular formula is C24H27N7O3. The zero-order valence-corrected chi connectivity index (χ0v) is 19.2. The maximum Gasteiger partial charge on any atom is 0.290 e. The molecule has 1 aromatic carbocycles. The third-order valence-electron chi connectivity index (χ3n) is 5.55. The van der Waals surface area contributed by atoms with Gasteiger partial charge in [-0.2, -0.15) is 5.10 Å². The van der Waals surface area contributed by atoms with E-state index in [1.165, 1.54) is 0 Å². The molecule has 4 heterocycles. The highest BCUT2D eigenvalue weighted by Gasteiger charge is 2.15. The summed E-state index contributed by atoms with van der Waals surface area (Å²) in [5.74, 6) is 2.24. The molecule has 1 aliphatic rings. The lowest BCUT2D eigenvalue weighted by Gasteiger charge is -2.11. The van der Waals surface area contributed by atoms with Gasteiger partial charge >= 0.3 is 0 Å². The van der Waals surface area contributed by atoms with Gasteiger partial charge in [0.15, 0.2) is 5.82 Å². The van der Waals surface area contributed by atoms with Crippen LogP contribution in [0.4, 0.5) is 5.95 Å². The second-order valence-corrected chi connectivity index (χ2v) is 8.11. The van der Waals surface area contributed by atoms with Crippen LogP contribution in [-0.2, 0) is 16.0 Å². The number of pyridine rings is 1. The number of benzene rings is 1. The number of hydrogen-bond donors (Lipinski definition) is 3. The molecule has 0 aliphatic carbocycles. The molecule has 10 heteroatoms. The molecule has 176 valence electrons. The number of carbonyl (C=O) groups is 1. The van der Waals surface area contributed by atoms with E-state index in [4.69, 9.17) is 19.6 Å². The summed E-state index contributed by atoms with van der Waals surface area (Å²) in [6.45, 7) is 5.35. The fourth-order valence-corrected chi connectivity index (χ4v) is 3.91. The van der Waals surface area contributed by atoms with Gasteiger partial charge in [0.1, 0.15) is 5.82 Å². The van der Waals surface area contributed by atoms with Gasteiger partial charge in [-0.15, -0.1) is 0 Å². The fourth-order valence-electron chi connectivity index (χ4n) is 3.91. The molecule has 0 spiro atoms. The zero-order valence-electron chi connectivity index (χ0n) is 19.2. The molecule has 1 aliphatic heterocycles. The molecule has 4 aromatic rings. The molecule has 1 saturated heterocycles. The molecule has 1 unspecified atom stereocenters. The van der Waals surface area contributed by atoms with E-state index >= 15 is 0 Å². The van der Waals surface area contributed by atoms with Crippen molar-refractivity contribution in [1.82, 2.24) is 30.1 Å². The summed E-state index contributed by atoms with van der Waals surface area (Å²) in [7, 11) is 0. The minimum atomic E-state index is -0.250. The van der Waals surface area contributed by atoms with Gasteiger partial charge in [-0.05, 0) is 56.0 Å². The number of ether oxygens (including phenoxy) is 1. The number of rotatable bonds is 6. The normalized spacial score (nSPS) is 15.1. The quantitative estimate of drug-likeness (QED) is 0.369. The van der Waals surface area contributed by atoms with Crippen LogP contribution in [0, 0.1) is 13.8 Å². The Labute approximate surface area is 196 Å². The summed E-state index contributed by atoms with van der Waals surface area (Å²) in [4.78, 5) is 26.5. The first-order chi connectivity index (χ1) is 16.6. The lowest BCUT2D eigenvalue weighted by Crippen LogP contribution is -2.19. The Hall–Kier alpha value is -3.92. The van der Waals surface area contributed by atoms with Crippen molar-refractivity contribution in [3.63, 3.8) is 0 Å². The molecule has 3 aromatic heterocycles. The second-order valence-electron chi connectivity index (χ2n) is 8.11. The van der Waals surface area contributed by atoms with Gasteiger partial charge in [0.25, 0.3) is 6.47 Å². The third-order valence-corrected chi connectivity index (χ3v) is 5.55. The van der Waals surface area contributed by atoms with E-state index in [1.54, 1.807) is 0 Å². The first-order valence-corrected chi connectivity index (χ1v) is 11.1. The first-order valence-electron chi connectivity index (χ1n) is 11.1. The molecular weight excluding hydrogens is 434 g/mol. The number of aromatic nitrogens is 6. The fraction of sp³-hybridized carbons (Fsp3) is 0.333. The molecule has 1 atom stereocenters. The average Bonchev–Trinajstić information content (AvgIpc) is 3.50. The molecule has 5 rings (SSSR count). The Bertz CT molecular complexity index is 1250. The highest BCUT2D eigenvalue weighted by Crippen LogP contribution is 2.25. The number of nitrogens with zero attached hydrogens (tertiary/aromatic N) is 5. The van der Waals surface area contributed by atoms with Crippen molar-refractivity contribution in [2.75, 3.05) is 18.5 Å². The van der Waals surface area contributed by atoms with Crippen molar-refractivity contribution in [3.05, 3.63) is 59.4 Å². The van der Waals surface area contributed by atoms with Crippen molar-refractivity contribution >= 4 is 23.3 Å². The standard InChI is InChI=1S/C23H25N7O.CH2O2/c1-14-8-21(17-11-24-23(25-12-17)26-13-18-4-3-7-31-18)28-20-6-5-16(9-19(14)20)10-22-27-15(2)29-30-22;2-1-3/h5-6,8-9,11-12,18H,3-4,7,10,13H2,1-2H3,(H,24,25,26)(H,27,29,30);1H,(H,2,3). The molecule has 1 fully saturated rings. The molecule has 10 nitrogen and oxygen atoms in total. The smallest absolute Gasteiger partial charge is 0.290 e. The van der Waals surface area contributed by atoms with Gasteiger partial charge in [0, 0.05) is 42.9 Å². The van der Waals surface area contributed by atoms with Crippen molar-refractivity contribution in [3.8, 4) is 11.3 Å². The van der Waals surface area contributed by atoms with Crippen LogP contribution < -0.4 is 5.32 Å². The summed E-state index contributed by atoms with van der Waals surface area (Å²) in [6.07, 6.45) is 6.79. The van der Waals surface area contributed by atoms with Crippen LogP contribution in [0.25, 0.3) is 22.2 Å². The van der Waals surface area contributed by atoms with E-state index < -0.39 is 0 Å². The Balaban J connectivity index is 0.000000868. The number of anilines is 1. The van der Waals surface area contributed by atoms with Crippen molar-refractivity contribution in [1.29, 1.82) is 0 Å². The lowest BCUT2D eigenvalue weighted by atomic mass is 10.0. The lowest BCUT2D eigenvalue weighted by molar-refractivity contribution is -0.122. The molecule has 3 N–H and O–H groups in total. The van der Waals surface area contributed by atoms with Gasteiger partial charge in [0.2, 0.25) is 5.95 Å². The van der Waals surface area contributed by atoms with Crippen LogP contribution in [0.2, 0.25) is 0 Å². The highest BCUT2D eigenvalue weighted by molar-refractivity contribution is 5.85. The first kappa shape index (κ1) is 23.2.